The van der Waals surface area contributed by atoms with Gasteiger partial charge in [0.1, 0.15) is 19.0 Å². The molecule has 1 saturated heterocycles. The molecule has 0 aromatic carbocycles. The van der Waals surface area contributed by atoms with Crippen molar-refractivity contribution in [2.75, 3.05) is 20.2 Å². The van der Waals surface area contributed by atoms with E-state index in [1.54, 1.807) is 6.20 Å². The third-order valence-electron chi connectivity index (χ3n) is 5.74. The number of amides is 1. The smallest absolute Gasteiger partial charge is 0.246 e. The van der Waals surface area contributed by atoms with E-state index >= 15 is 0 Å². The van der Waals surface area contributed by atoms with Gasteiger partial charge in [0, 0.05) is 37.4 Å². The highest BCUT2D eigenvalue weighted by Gasteiger charge is 2.58. The molecule has 2 fully saturated rings. The number of likely N-dealkylation sites (tertiary alicyclic amines) is 1. The Morgan fingerprint density at radius 1 is 1.48 bits per heavy atom. The van der Waals surface area contributed by atoms with E-state index in [0.717, 1.165) is 25.2 Å². The zero-order chi connectivity index (χ0) is 18.2. The molecule has 2 aliphatic rings. The Hall–Kier alpha value is -1.44. The van der Waals surface area contributed by atoms with Gasteiger partial charge >= 0.3 is 0 Å². The number of aryl methyl sites for hydroxylation is 1. The van der Waals surface area contributed by atoms with Gasteiger partial charge in [-0.25, -0.2) is 4.98 Å². The Balaban J connectivity index is 1.48. The average molecular weight is 350 g/mol. The molecular weight excluding hydrogens is 320 g/mol. The number of carbonyl (C=O) groups is 1. The van der Waals surface area contributed by atoms with Crippen LogP contribution in [0.3, 0.4) is 0 Å². The summed E-state index contributed by atoms with van der Waals surface area (Å²) in [6.07, 6.45) is 4.67. The predicted octanol–water partition coefficient (Wildman–Crippen LogP) is 0.533. The minimum atomic E-state index is -0.478. The maximum Gasteiger partial charge on any atom is 0.246 e. The van der Waals surface area contributed by atoms with Crippen molar-refractivity contribution in [1.29, 1.82) is 0 Å². The quantitative estimate of drug-likeness (QED) is 0.782. The van der Waals surface area contributed by atoms with Crippen LogP contribution >= 0.6 is 0 Å². The number of aromatic nitrogens is 2. The van der Waals surface area contributed by atoms with Crippen LogP contribution in [0, 0.1) is 11.3 Å². The molecule has 2 N–H and O–H groups in total. The van der Waals surface area contributed by atoms with Crippen molar-refractivity contribution in [3.8, 4) is 0 Å². The highest BCUT2D eigenvalue weighted by atomic mass is 16.5. The first-order chi connectivity index (χ1) is 11.8. The van der Waals surface area contributed by atoms with Gasteiger partial charge in [0.05, 0.1) is 12.1 Å². The van der Waals surface area contributed by atoms with Crippen molar-refractivity contribution in [2.45, 2.75) is 51.5 Å². The SMILES string of the molecule is CC(C)C1N(C)CC12C[C@@H](O)[C@H](NC(=O)COCc1nccn1C)C2. The first kappa shape index (κ1) is 18.4. The molecule has 1 saturated carbocycles. The fourth-order valence-electron chi connectivity index (χ4n) is 5.01. The van der Waals surface area contributed by atoms with Crippen LogP contribution in [-0.4, -0.2) is 63.9 Å². The Morgan fingerprint density at radius 3 is 2.84 bits per heavy atom. The van der Waals surface area contributed by atoms with Crippen LogP contribution in [-0.2, 0) is 23.2 Å². The number of nitrogens with zero attached hydrogens (tertiary/aromatic N) is 3. The summed E-state index contributed by atoms with van der Waals surface area (Å²) in [5.74, 6) is 1.15. The van der Waals surface area contributed by atoms with Crippen molar-refractivity contribution in [3.05, 3.63) is 18.2 Å². The average Bonchev–Trinajstić information content (AvgIpc) is 3.03. The second kappa shape index (κ2) is 7.05. The Bertz CT molecular complexity index is 612. The van der Waals surface area contributed by atoms with Gasteiger partial charge in [0.25, 0.3) is 0 Å². The minimum Gasteiger partial charge on any atom is -0.391 e. The van der Waals surface area contributed by atoms with E-state index in [2.05, 4.69) is 36.1 Å². The Morgan fingerprint density at radius 2 is 2.24 bits per heavy atom. The Kier molecular flexibility index (Phi) is 5.18. The molecule has 1 spiro atoms. The van der Waals surface area contributed by atoms with E-state index in [1.807, 2.05) is 17.8 Å². The van der Waals surface area contributed by atoms with Crippen LogP contribution in [0.5, 0.6) is 0 Å². The Labute approximate surface area is 149 Å². The zero-order valence-corrected chi connectivity index (χ0v) is 15.6. The molecule has 0 radical (unpaired) electrons. The number of hydrogen-bond acceptors (Lipinski definition) is 5. The molecule has 1 aliphatic carbocycles. The lowest BCUT2D eigenvalue weighted by atomic mass is 9.66. The number of rotatable bonds is 6. The van der Waals surface area contributed by atoms with Crippen LogP contribution in [0.2, 0.25) is 0 Å². The monoisotopic (exact) mass is 350 g/mol. The second-order valence-corrected chi connectivity index (χ2v) is 8.06. The molecule has 2 unspecified atom stereocenters. The van der Waals surface area contributed by atoms with Gasteiger partial charge in [0.2, 0.25) is 5.91 Å². The zero-order valence-electron chi connectivity index (χ0n) is 15.6. The standard InChI is InChI=1S/C18H30N4O3/c1-12(2)17-18(11-22(17)4)7-13(14(23)8-18)20-16(24)10-25-9-15-19-5-6-21(15)3/h5-6,12-14,17,23H,7-11H2,1-4H3,(H,20,24)/t13-,14-,17?,18?/m1/s1. The van der Waals surface area contributed by atoms with Crippen molar-refractivity contribution in [1.82, 2.24) is 19.8 Å². The number of aliphatic hydroxyl groups excluding tert-OH is 1. The van der Waals surface area contributed by atoms with Gasteiger partial charge in [-0.3, -0.25) is 4.79 Å². The van der Waals surface area contributed by atoms with Crippen LogP contribution in [0.4, 0.5) is 0 Å². The summed E-state index contributed by atoms with van der Waals surface area (Å²) in [6, 6.07) is 0.294. The number of nitrogens with one attached hydrogen (secondary N) is 1. The summed E-state index contributed by atoms with van der Waals surface area (Å²) in [5, 5.41) is 13.4. The number of imidazole rings is 1. The second-order valence-electron chi connectivity index (χ2n) is 8.06. The number of ether oxygens (including phenoxy) is 1. The summed E-state index contributed by atoms with van der Waals surface area (Å²) in [6.45, 7) is 5.73. The third-order valence-corrected chi connectivity index (χ3v) is 5.74. The molecule has 140 valence electrons. The molecule has 3 rings (SSSR count). The van der Waals surface area contributed by atoms with Crippen molar-refractivity contribution >= 4 is 5.91 Å². The van der Waals surface area contributed by atoms with Crippen LogP contribution in [0.25, 0.3) is 0 Å². The number of hydrogen-bond donors (Lipinski definition) is 2. The summed E-state index contributed by atoms with van der Waals surface area (Å²) in [7, 11) is 4.03. The van der Waals surface area contributed by atoms with Gasteiger partial charge in [-0.05, 0) is 25.8 Å². The lowest BCUT2D eigenvalue weighted by Crippen LogP contribution is -2.64. The minimum absolute atomic E-state index is 0.0173. The van der Waals surface area contributed by atoms with Crippen LogP contribution in [0.15, 0.2) is 12.4 Å². The molecule has 7 heteroatoms. The number of carbonyl (C=O) groups excluding carboxylic acids is 1. The molecule has 2 heterocycles. The van der Waals surface area contributed by atoms with Crippen molar-refractivity contribution in [2.24, 2.45) is 18.4 Å². The summed E-state index contributed by atoms with van der Waals surface area (Å²) >= 11 is 0. The van der Waals surface area contributed by atoms with Gasteiger partial charge < -0.3 is 24.6 Å². The molecule has 1 amide bonds. The summed E-state index contributed by atoms with van der Waals surface area (Å²) in [4.78, 5) is 18.7. The first-order valence-electron chi connectivity index (χ1n) is 9.04. The lowest BCUT2D eigenvalue weighted by molar-refractivity contribution is -0.127. The number of aliphatic hydroxyl groups is 1. The van der Waals surface area contributed by atoms with Crippen molar-refractivity contribution in [3.63, 3.8) is 0 Å². The molecule has 1 aliphatic heterocycles. The molecule has 25 heavy (non-hydrogen) atoms. The fourth-order valence-corrected chi connectivity index (χ4v) is 5.01. The van der Waals surface area contributed by atoms with Gasteiger partial charge in [-0.15, -0.1) is 0 Å². The van der Waals surface area contributed by atoms with E-state index in [-0.39, 0.29) is 24.0 Å². The van der Waals surface area contributed by atoms with Crippen LogP contribution < -0.4 is 5.32 Å². The molecule has 0 bridgehead atoms. The molecular formula is C18H30N4O3. The molecule has 4 atom stereocenters. The molecule has 1 aromatic rings. The lowest BCUT2D eigenvalue weighted by Gasteiger charge is -2.57. The normalized spacial score (nSPS) is 32.3. The molecule has 1 aromatic heterocycles. The summed E-state index contributed by atoms with van der Waals surface area (Å²) < 4.78 is 7.31. The predicted molar refractivity (Wildman–Crippen MR) is 93.7 cm³/mol. The topological polar surface area (TPSA) is 79.6 Å². The highest BCUT2D eigenvalue weighted by molar-refractivity contribution is 5.77. The van der Waals surface area contributed by atoms with E-state index in [1.165, 1.54) is 0 Å². The summed E-state index contributed by atoms with van der Waals surface area (Å²) in [5.41, 5.74) is 0.133. The molecule has 7 nitrogen and oxygen atoms in total. The van der Waals surface area contributed by atoms with Gasteiger partial charge in [-0.2, -0.15) is 0 Å². The fraction of sp³-hybridized carbons (Fsp3) is 0.778. The van der Waals surface area contributed by atoms with E-state index < -0.39 is 6.10 Å². The van der Waals surface area contributed by atoms with E-state index in [0.29, 0.717) is 18.6 Å². The maximum absolute atomic E-state index is 12.2. The van der Waals surface area contributed by atoms with E-state index in [9.17, 15) is 9.90 Å². The first-order valence-corrected chi connectivity index (χ1v) is 9.04. The third kappa shape index (κ3) is 3.59. The van der Waals surface area contributed by atoms with Gasteiger partial charge in [-0.1, -0.05) is 13.8 Å². The van der Waals surface area contributed by atoms with E-state index in [4.69, 9.17) is 4.74 Å². The maximum atomic E-state index is 12.2. The van der Waals surface area contributed by atoms with Crippen LogP contribution in [0.1, 0.15) is 32.5 Å². The van der Waals surface area contributed by atoms with Crippen molar-refractivity contribution < 1.29 is 14.6 Å². The highest BCUT2D eigenvalue weighted by Crippen LogP contribution is 2.52. The van der Waals surface area contributed by atoms with Gasteiger partial charge in [0.15, 0.2) is 0 Å². The largest absolute Gasteiger partial charge is 0.391 e.